The summed E-state index contributed by atoms with van der Waals surface area (Å²) in [5.41, 5.74) is 6.01. The highest BCUT2D eigenvalue weighted by Crippen LogP contribution is 2.11. The van der Waals surface area contributed by atoms with Gasteiger partial charge in [0.15, 0.2) is 0 Å². The van der Waals surface area contributed by atoms with Gasteiger partial charge in [-0.15, -0.1) is 0 Å². The number of hydrogen-bond donors (Lipinski definition) is 3. The maximum absolute atomic E-state index is 11.8. The Bertz CT molecular complexity index is 449. The number of nitrogens with one attached hydrogen (secondary N) is 2. The maximum Gasteiger partial charge on any atom is 0.251 e. The van der Waals surface area contributed by atoms with Crippen molar-refractivity contribution in [1.82, 2.24) is 10.6 Å². The van der Waals surface area contributed by atoms with Crippen molar-refractivity contribution in [2.24, 2.45) is 5.73 Å². The summed E-state index contributed by atoms with van der Waals surface area (Å²) in [4.78, 5) is 22.9. The summed E-state index contributed by atoms with van der Waals surface area (Å²) in [7, 11) is 0. The Labute approximate surface area is 121 Å². The Morgan fingerprint density at radius 3 is 2.63 bits per heavy atom. The Hall–Kier alpha value is -1.40. The van der Waals surface area contributed by atoms with Crippen LogP contribution in [-0.2, 0) is 4.79 Å². The van der Waals surface area contributed by atoms with Crippen LogP contribution < -0.4 is 16.4 Å². The van der Waals surface area contributed by atoms with Crippen LogP contribution >= 0.6 is 15.9 Å². The van der Waals surface area contributed by atoms with Gasteiger partial charge in [-0.05, 0) is 31.5 Å². The lowest BCUT2D eigenvalue weighted by molar-refractivity contribution is -0.121. The van der Waals surface area contributed by atoms with E-state index in [1.54, 1.807) is 19.1 Å². The highest BCUT2D eigenvalue weighted by molar-refractivity contribution is 9.10. The molecule has 5 nitrogen and oxygen atoms in total. The molecule has 0 aliphatic rings. The normalized spacial score (nSPS) is 11.7. The number of nitrogens with two attached hydrogens (primary N) is 1. The summed E-state index contributed by atoms with van der Waals surface area (Å²) in [6.07, 6.45) is 0.665. The van der Waals surface area contributed by atoms with Crippen LogP contribution in [0, 0.1) is 0 Å². The fraction of sp³-hybridized carbons (Fsp3) is 0.385. The van der Waals surface area contributed by atoms with Crippen molar-refractivity contribution < 1.29 is 9.59 Å². The zero-order chi connectivity index (χ0) is 14.3. The van der Waals surface area contributed by atoms with Gasteiger partial charge >= 0.3 is 0 Å². The SMILES string of the molecule is C[C@H](N)C(=O)NCCCNC(=O)c1cccc(Br)c1. The molecule has 104 valence electrons. The van der Waals surface area contributed by atoms with Gasteiger partial charge in [-0.3, -0.25) is 9.59 Å². The van der Waals surface area contributed by atoms with E-state index in [9.17, 15) is 9.59 Å². The standard InChI is InChI=1S/C13H18BrN3O2/c1-9(15)12(18)16-6-3-7-17-13(19)10-4-2-5-11(14)8-10/h2,4-5,8-9H,3,6-7,15H2,1H3,(H,16,18)(H,17,19)/t9-/m0/s1. The molecule has 1 aromatic rings. The molecule has 0 heterocycles. The van der Waals surface area contributed by atoms with Crippen molar-refractivity contribution >= 4 is 27.7 Å². The van der Waals surface area contributed by atoms with Gasteiger partial charge < -0.3 is 16.4 Å². The van der Waals surface area contributed by atoms with Gasteiger partial charge in [-0.2, -0.15) is 0 Å². The summed E-state index contributed by atoms with van der Waals surface area (Å²) in [5, 5.41) is 5.47. The first-order valence-electron chi connectivity index (χ1n) is 6.08. The molecule has 1 atom stereocenters. The van der Waals surface area contributed by atoms with Gasteiger partial charge in [0.05, 0.1) is 6.04 Å². The number of rotatable bonds is 6. The highest BCUT2D eigenvalue weighted by atomic mass is 79.9. The van der Waals surface area contributed by atoms with Crippen LogP contribution in [0.2, 0.25) is 0 Å². The monoisotopic (exact) mass is 327 g/mol. The predicted octanol–water partition coefficient (Wildman–Crippen LogP) is 1.03. The quantitative estimate of drug-likeness (QED) is 0.682. The van der Waals surface area contributed by atoms with E-state index >= 15 is 0 Å². The lowest BCUT2D eigenvalue weighted by Gasteiger charge is -2.08. The van der Waals surface area contributed by atoms with E-state index in [0.717, 1.165) is 4.47 Å². The van der Waals surface area contributed by atoms with Crippen LogP contribution in [0.5, 0.6) is 0 Å². The maximum atomic E-state index is 11.8. The minimum atomic E-state index is -0.503. The molecule has 4 N–H and O–H groups in total. The van der Waals surface area contributed by atoms with Crippen molar-refractivity contribution in [3.63, 3.8) is 0 Å². The second-order valence-electron chi connectivity index (χ2n) is 4.20. The Morgan fingerprint density at radius 2 is 2.00 bits per heavy atom. The minimum Gasteiger partial charge on any atom is -0.355 e. The molecule has 0 saturated heterocycles. The molecule has 0 fully saturated rings. The second-order valence-corrected chi connectivity index (χ2v) is 5.12. The molecule has 0 aliphatic carbocycles. The molecule has 0 spiro atoms. The van der Waals surface area contributed by atoms with Gasteiger partial charge in [-0.1, -0.05) is 22.0 Å². The lowest BCUT2D eigenvalue weighted by atomic mass is 10.2. The largest absolute Gasteiger partial charge is 0.355 e. The van der Waals surface area contributed by atoms with E-state index in [2.05, 4.69) is 26.6 Å². The summed E-state index contributed by atoms with van der Waals surface area (Å²) < 4.78 is 0.865. The lowest BCUT2D eigenvalue weighted by Crippen LogP contribution is -2.39. The number of benzene rings is 1. The van der Waals surface area contributed by atoms with E-state index in [-0.39, 0.29) is 11.8 Å². The van der Waals surface area contributed by atoms with Crippen molar-refractivity contribution in [1.29, 1.82) is 0 Å². The molecule has 0 saturated carbocycles. The van der Waals surface area contributed by atoms with Crippen LogP contribution in [0.15, 0.2) is 28.7 Å². The molecular formula is C13H18BrN3O2. The molecule has 0 aromatic heterocycles. The molecule has 1 rings (SSSR count). The number of hydrogen-bond acceptors (Lipinski definition) is 3. The van der Waals surface area contributed by atoms with Crippen LogP contribution in [-0.4, -0.2) is 30.9 Å². The van der Waals surface area contributed by atoms with Gasteiger partial charge in [0.25, 0.3) is 5.91 Å². The zero-order valence-corrected chi connectivity index (χ0v) is 12.4. The molecule has 6 heteroatoms. The third kappa shape index (κ3) is 5.85. The molecule has 1 aromatic carbocycles. The molecule has 0 radical (unpaired) electrons. The molecule has 0 aliphatic heterocycles. The Balaban J connectivity index is 2.23. The predicted molar refractivity (Wildman–Crippen MR) is 77.8 cm³/mol. The topological polar surface area (TPSA) is 84.2 Å². The Kier molecular flexibility index (Phi) is 6.52. The number of amides is 2. The van der Waals surface area contributed by atoms with Crippen molar-refractivity contribution in [3.05, 3.63) is 34.3 Å². The smallest absolute Gasteiger partial charge is 0.251 e. The summed E-state index contributed by atoms with van der Waals surface area (Å²) >= 11 is 3.31. The summed E-state index contributed by atoms with van der Waals surface area (Å²) in [6, 6.07) is 6.67. The van der Waals surface area contributed by atoms with Crippen molar-refractivity contribution in [2.45, 2.75) is 19.4 Å². The summed E-state index contributed by atoms with van der Waals surface area (Å²) in [6.45, 7) is 2.63. The van der Waals surface area contributed by atoms with Gasteiger partial charge in [0, 0.05) is 23.1 Å². The first-order chi connectivity index (χ1) is 9.00. The van der Waals surface area contributed by atoms with Crippen LogP contribution in [0.25, 0.3) is 0 Å². The molecule has 0 bridgehead atoms. The number of carbonyl (C=O) groups is 2. The van der Waals surface area contributed by atoms with E-state index in [1.165, 1.54) is 0 Å². The van der Waals surface area contributed by atoms with E-state index < -0.39 is 6.04 Å². The van der Waals surface area contributed by atoms with Gasteiger partial charge in [0.2, 0.25) is 5.91 Å². The molecule has 0 unspecified atom stereocenters. The molecule has 2 amide bonds. The fourth-order valence-electron chi connectivity index (χ4n) is 1.39. The van der Waals surface area contributed by atoms with Crippen LogP contribution in [0.3, 0.4) is 0 Å². The van der Waals surface area contributed by atoms with Crippen LogP contribution in [0.1, 0.15) is 23.7 Å². The highest BCUT2D eigenvalue weighted by Gasteiger charge is 2.06. The van der Waals surface area contributed by atoms with Crippen LogP contribution in [0.4, 0.5) is 0 Å². The zero-order valence-electron chi connectivity index (χ0n) is 10.8. The number of halogens is 1. The van der Waals surface area contributed by atoms with E-state index in [0.29, 0.717) is 25.1 Å². The van der Waals surface area contributed by atoms with Crippen molar-refractivity contribution in [2.75, 3.05) is 13.1 Å². The summed E-state index contributed by atoms with van der Waals surface area (Å²) in [5.74, 6) is -0.307. The number of carbonyl (C=O) groups excluding carboxylic acids is 2. The third-order valence-electron chi connectivity index (χ3n) is 2.44. The van der Waals surface area contributed by atoms with E-state index in [1.807, 2.05) is 12.1 Å². The second kappa shape index (κ2) is 7.91. The van der Waals surface area contributed by atoms with Gasteiger partial charge in [0.1, 0.15) is 0 Å². The minimum absolute atomic E-state index is 0.125. The Morgan fingerprint density at radius 1 is 1.32 bits per heavy atom. The fourth-order valence-corrected chi connectivity index (χ4v) is 1.79. The average Bonchev–Trinajstić information content (AvgIpc) is 2.37. The first kappa shape index (κ1) is 15.7. The first-order valence-corrected chi connectivity index (χ1v) is 6.87. The van der Waals surface area contributed by atoms with Gasteiger partial charge in [-0.25, -0.2) is 0 Å². The molecule has 19 heavy (non-hydrogen) atoms. The van der Waals surface area contributed by atoms with E-state index in [4.69, 9.17) is 5.73 Å². The average molecular weight is 328 g/mol. The molecular weight excluding hydrogens is 310 g/mol. The van der Waals surface area contributed by atoms with Crippen molar-refractivity contribution in [3.8, 4) is 0 Å². The third-order valence-corrected chi connectivity index (χ3v) is 2.93.